The lowest BCUT2D eigenvalue weighted by Gasteiger charge is -2.27. The predicted octanol–water partition coefficient (Wildman–Crippen LogP) is 2.57. The Kier molecular flexibility index (Phi) is 5.11. The molecule has 1 saturated carbocycles. The molecular weight excluding hydrogens is 288 g/mol. The van der Waals surface area contributed by atoms with Crippen molar-refractivity contribution in [1.29, 1.82) is 0 Å². The molecule has 1 fully saturated rings. The minimum atomic E-state index is -3.50. The normalized spacial score (nSPS) is 17.0. The van der Waals surface area contributed by atoms with Gasteiger partial charge in [0, 0.05) is 24.7 Å². The van der Waals surface area contributed by atoms with Crippen LogP contribution in [0.25, 0.3) is 0 Å². The minimum Gasteiger partial charge on any atom is -0.465 e. The molecule has 1 aliphatic rings. The zero-order chi connectivity index (χ0) is 15.6. The molecule has 5 nitrogen and oxygen atoms in total. The van der Waals surface area contributed by atoms with Crippen LogP contribution in [0.1, 0.15) is 49.7 Å². The molecule has 0 unspecified atom stereocenters. The third kappa shape index (κ3) is 3.03. The largest absolute Gasteiger partial charge is 0.465 e. The fraction of sp³-hybridized carbons (Fsp3) is 0.733. The van der Waals surface area contributed by atoms with Gasteiger partial charge in [-0.1, -0.05) is 19.8 Å². The Morgan fingerprint density at radius 1 is 1.24 bits per heavy atom. The van der Waals surface area contributed by atoms with Gasteiger partial charge in [0.1, 0.15) is 16.4 Å². The maximum Gasteiger partial charge on any atom is 0.247 e. The van der Waals surface area contributed by atoms with E-state index in [0.717, 1.165) is 31.2 Å². The highest BCUT2D eigenvalue weighted by atomic mass is 32.2. The van der Waals surface area contributed by atoms with E-state index in [-0.39, 0.29) is 6.04 Å². The van der Waals surface area contributed by atoms with Crippen LogP contribution < -0.4 is 5.32 Å². The standard InChI is InChI=1S/C15H26N2O3S/c1-5-17(13-8-6-7-9-13)21(18,19)15-12(3)20-11(2)14(15)10-16-4/h13,16H,5-10H2,1-4H3. The van der Waals surface area contributed by atoms with Gasteiger partial charge in [0.15, 0.2) is 0 Å². The van der Waals surface area contributed by atoms with Gasteiger partial charge in [0.2, 0.25) is 10.0 Å². The lowest BCUT2D eigenvalue weighted by Crippen LogP contribution is -2.39. The van der Waals surface area contributed by atoms with Gasteiger partial charge < -0.3 is 9.73 Å². The van der Waals surface area contributed by atoms with Crippen molar-refractivity contribution in [2.45, 2.75) is 63.9 Å². The second-order valence-corrected chi connectivity index (χ2v) is 7.53. The second kappa shape index (κ2) is 6.50. The van der Waals surface area contributed by atoms with E-state index in [0.29, 0.717) is 29.5 Å². The number of hydrogen-bond donors (Lipinski definition) is 1. The van der Waals surface area contributed by atoms with Crippen molar-refractivity contribution in [2.24, 2.45) is 0 Å². The Bertz CT molecular complexity index is 586. The van der Waals surface area contributed by atoms with E-state index < -0.39 is 10.0 Å². The Labute approximate surface area is 127 Å². The molecule has 120 valence electrons. The molecule has 1 N–H and O–H groups in total. The summed E-state index contributed by atoms with van der Waals surface area (Å²) in [6.45, 7) is 6.48. The van der Waals surface area contributed by atoms with Crippen molar-refractivity contribution in [2.75, 3.05) is 13.6 Å². The van der Waals surface area contributed by atoms with Crippen LogP contribution >= 0.6 is 0 Å². The highest BCUT2D eigenvalue weighted by Crippen LogP contribution is 2.33. The van der Waals surface area contributed by atoms with Crippen molar-refractivity contribution < 1.29 is 12.8 Å². The highest BCUT2D eigenvalue weighted by molar-refractivity contribution is 7.89. The second-order valence-electron chi connectivity index (χ2n) is 5.70. The summed E-state index contributed by atoms with van der Waals surface area (Å²) >= 11 is 0. The molecule has 21 heavy (non-hydrogen) atoms. The number of hydrogen-bond acceptors (Lipinski definition) is 4. The summed E-state index contributed by atoms with van der Waals surface area (Å²) in [5, 5.41) is 3.03. The molecule has 0 aliphatic heterocycles. The highest BCUT2D eigenvalue weighted by Gasteiger charge is 2.36. The Morgan fingerprint density at radius 2 is 1.86 bits per heavy atom. The Balaban J connectivity index is 2.47. The van der Waals surface area contributed by atoms with E-state index in [9.17, 15) is 8.42 Å². The third-order valence-corrected chi connectivity index (χ3v) is 6.51. The van der Waals surface area contributed by atoms with Gasteiger partial charge in [-0.3, -0.25) is 0 Å². The topological polar surface area (TPSA) is 62.6 Å². The van der Waals surface area contributed by atoms with Crippen LogP contribution in [0.5, 0.6) is 0 Å². The first-order valence-electron chi connectivity index (χ1n) is 7.68. The number of nitrogens with one attached hydrogen (secondary N) is 1. The summed E-state index contributed by atoms with van der Waals surface area (Å²) in [4.78, 5) is 0.364. The summed E-state index contributed by atoms with van der Waals surface area (Å²) in [5.41, 5.74) is 0.756. The first kappa shape index (κ1) is 16.5. The quantitative estimate of drug-likeness (QED) is 0.876. The third-order valence-electron chi connectivity index (χ3n) is 4.29. The van der Waals surface area contributed by atoms with Gasteiger partial charge in [-0.05, 0) is 33.7 Å². The van der Waals surface area contributed by atoms with Gasteiger partial charge in [0.05, 0.1) is 0 Å². The molecule has 0 atom stereocenters. The van der Waals surface area contributed by atoms with Gasteiger partial charge >= 0.3 is 0 Å². The number of nitrogens with zero attached hydrogens (tertiary/aromatic N) is 1. The van der Waals surface area contributed by atoms with Gasteiger partial charge in [-0.25, -0.2) is 8.42 Å². The average Bonchev–Trinajstić information content (AvgIpc) is 3.00. The number of furan rings is 1. The van der Waals surface area contributed by atoms with E-state index >= 15 is 0 Å². The van der Waals surface area contributed by atoms with Crippen molar-refractivity contribution in [3.05, 3.63) is 17.1 Å². The maximum atomic E-state index is 13.1. The van der Waals surface area contributed by atoms with Crippen molar-refractivity contribution in [3.8, 4) is 0 Å². The molecule has 1 heterocycles. The molecule has 1 aromatic heterocycles. The zero-order valence-corrected chi connectivity index (χ0v) is 14.2. The predicted molar refractivity (Wildman–Crippen MR) is 82.8 cm³/mol. The van der Waals surface area contributed by atoms with Crippen LogP contribution in [0.3, 0.4) is 0 Å². The Morgan fingerprint density at radius 3 is 2.38 bits per heavy atom. The molecular formula is C15H26N2O3S. The van der Waals surface area contributed by atoms with Crippen LogP contribution in [-0.4, -0.2) is 32.4 Å². The van der Waals surface area contributed by atoms with E-state index in [2.05, 4.69) is 5.32 Å². The molecule has 0 bridgehead atoms. The fourth-order valence-electron chi connectivity index (χ4n) is 3.36. The first-order chi connectivity index (χ1) is 9.93. The molecule has 0 aromatic carbocycles. The molecule has 1 aromatic rings. The van der Waals surface area contributed by atoms with Crippen LogP contribution in [-0.2, 0) is 16.6 Å². The average molecular weight is 314 g/mol. The molecule has 2 rings (SSSR count). The molecule has 6 heteroatoms. The molecule has 1 aliphatic carbocycles. The number of rotatable bonds is 6. The molecule has 0 amide bonds. The molecule has 0 saturated heterocycles. The van der Waals surface area contributed by atoms with Crippen molar-refractivity contribution >= 4 is 10.0 Å². The van der Waals surface area contributed by atoms with E-state index in [4.69, 9.17) is 4.42 Å². The summed E-state index contributed by atoms with van der Waals surface area (Å²) in [6.07, 6.45) is 4.15. The lowest BCUT2D eigenvalue weighted by molar-refractivity contribution is 0.334. The van der Waals surface area contributed by atoms with E-state index in [1.165, 1.54) is 0 Å². The zero-order valence-electron chi connectivity index (χ0n) is 13.4. The number of sulfonamides is 1. The summed E-state index contributed by atoms with van der Waals surface area (Å²) in [7, 11) is -1.69. The van der Waals surface area contributed by atoms with Crippen LogP contribution in [0, 0.1) is 13.8 Å². The van der Waals surface area contributed by atoms with Gasteiger partial charge in [-0.2, -0.15) is 4.31 Å². The lowest BCUT2D eigenvalue weighted by atomic mass is 10.2. The summed E-state index contributed by atoms with van der Waals surface area (Å²) < 4.78 is 33.5. The van der Waals surface area contributed by atoms with Crippen LogP contribution in [0.15, 0.2) is 9.31 Å². The SMILES string of the molecule is CCN(C1CCCC1)S(=O)(=O)c1c(C)oc(C)c1CNC. The number of aryl methyl sites for hydroxylation is 2. The smallest absolute Gasteiger partial charge is 0.247 e. The van der Waals surface area contributed by atoms with Crippen LogP contribution in [0.2, 0.25) is 0 Å². The first-order valence-corrected chi connectivity index (χ1v) is 9.12. The fourth-order valence-corrected chi connectivity index (χ4v) is 5.47. The summed E-state index contributed by atoms with van der Waals surface area (Å²) in [5.74, 6) is 1.18. The van der Waals surface area contributed by atoms with Crippen molar-refractivity contribution in [1.82, 2.24) is 9.62 Å². The van der Waals surface area contributed by atoms with E-state index in [1.54, 1.807) is 11.2 Å². The maximum absolute atomic E-state index is 13.1. The Hall–Kier alpha value is -0.850. The molecule has 0 spiro atoms. The van der Waals surface area contributed by atoms with Crippen molar-refractivity contribution in [3.63, 3.8) is 0 Å². The van der Waals surface area contributed by atoms with E-state index in [1.807, 2.05) is 20.9 Å². The monoisotopic (exact) mass is 314 g/mol. The van der Waals surface area contributed by atoms with Gasteiger partial charge in [-0.15, -0.1) is 0 Å². The van der Waals surface area contributed by atoms with Crippen LogP contribution in [0.4, 0.5) is 0 Å². The molecule has 0 radical (unpaired) electrons. The van der Waals surface area contributed by atoms with Gasteiger partial charge in [0.25, 0.3) is 0 Å². The summed E-state index contributed by atoms with van der Waals surface area (Å²) in [6, 6.07) is 0.136. The minimum absolute atomic E-state index is 0.136.